The van der Waals surface area contributed by atoms with Crippen LogP contribution in [0.4, 0.5) is 22.0 Å². The van der Waals surface area contributed by atoms with E-state index in [0.29, 0.717) is 25.6 Å². The molecule has 1 aliphatic carbocycles. The molecule has 1 amide bonds. The van der Waals surface area contributed by atoms with Crippen LogP contribution in [0.3, 0.4) is 0 Å². The van der Waals surface area contributed by atoms with Gasteiger partial charge < -0.3 is 9.64 Å². The van der Waals surface area contributed by atoms with Crippen molar-refractivity contribution in [2.24, 2.45) is 5.92 Å². The summed E-state index contributed by atoms with van der Waals surface area (Å²) in [5, 5.41) is 0. The molecule has 4 heterocycles. The smallest absolute Gasteiger partial charge is 0.434 e. The maximum atomic E-state index is 14.8. The molecule has 2 bridgehead atoms. The molecule has 2 saturated heterocycles. The van der Waals surface area contributed by atoms with Gasteiger partial charge >= 0.3 is 6.18 Å². The van der Waals surface area contributed by atoms with E-state index in [1.54, 1.807) is 4.90 Å². The highest BCUT2D eigenvalue weighted by Crippen LogP contribution is 2.39. The van der Waals surface area contributed by atoms with Crippen molar-refractivity contribution in [2.75, 3.05) is 6.54 Å². The van der Waals surface area contributed by atoms with E-state index in [1.807, 2.05) is 0 Å². The third-order valence-corrected chi connectivity index (χ3v) is 6.26. The van der Waals surface area contributed by atoms with E-state index >= 15 is 0 Å². The second kappa shape index (κ2) is 8.82. The lowest BCUT2D eigenvalue weighted by molar-refractivity contribution is -0.141. The van der Waals surface area contributed by atoms with E-state index in [9.17, 15) is 26.7 Å². The number of fused-ring (bicyclic) bond motifs is 3. The topological polar surface area (TPSA) is 81.1 Å². The van der Waals surface area contributed by atoms with Gasteiger partial charge in [-0.15, -0.1) is 0 Å². The van der Waals surface area contributed by atoms with Gasteiger partial charge in [-0.2, -0.15) is 13.2 Å². The molecule has 0 unspecified atom stereocenters. The molecule has 6 rings (SSSR count). The minimum atomic E-state index is -4.62. The number of halogens is 5. The Morgan fingerprint density at radius 2 is 1.77 bits per heavy atom. The molecule has 1 saturated carbocycles. The fourth-order valence-electron chi connectivity index (χ4n) is 4.70. The van der Waals surface area contributed by atoms with Crippen LogP contribution >= 0.6 is 0 Å². The molecule has 35 heavy (non-hydrogen) atoms. The van der Waals surface area contributed by atoms with Crippen LogP contribution in [0.1, 0.15) is 35.3 Å². The van der Waals surface area contributed by atoms with E-state index in [0.717, 1.165) is 31.1 Å². The van der Waals surface area contributed by atoms with E-state index < -0.39 is 41.6 Å². The van der Waals surface area contributed by atoms with Gasteiger partial charge in [0.2, 0.25) is 5.88 Å². The first kappa shape index (κ1) is 23.1. The Morgan fingerprint density at radius 1 is 1.00 bits per heavy atom. The van der Waals surface area contributed by atoms with Crippen LogP contribution in [0, 0.1) is 17.6 Å². The van der Waals surface area contributed by atoms with E-state index in [1.165, 1.54) is 12.1 Å². The molecule has 3 fully saturated rings. The number of piperidine rings is 2. The molecular formula is C23H18F5N5O2. The van der Waals surface area contributed by atoms with Crippen LogP contribution in [0.25, 0.3) is 11.4 Å². The number of nitrogens with zero attached hydrogens (tertiary/aromatic N) is 5. The van der Waals surface area contributed by atoms with Gasteiger partial charge in [0.15, 0.2) is 17.3 Å². The Kier molecular flexibility index (Phi) is 5.81. The zero-order valence-corrected chi connectivity index (χ0v) is 18.0. The third kappa shape index (κ3) is 4.52. The van der Waals surface area contributed by atoms with Gasteiger partial charge in [0.25, 0.3) is 5.91 Å². The lowest BCUT2D eigenvalue weighted by atomic mass is 9.77. The van der Waals surface area contributed by atoms with Crippen LogP contribution in [0.15, 0.2) is 43.0 Å². The molecule has 182 valence electrons. The maximum Gasteiger partial charge on any atom is 0.434 e. The van der Waals surface area contributed by atoms with Crippen LogP contribution in [-0.4, -0.2) is 49.4 Å². The van der Waals surface area contributed by atoms with Gasteiger partial charge in [-0.25, -0.2) is 28.7 Å². The quantitative estimate of drug-likeness (QED) is 0.507. The van der Waals surface area contributed by atoms with Gasteiger partial charge in [0.1, 0.15) is 11.9 Å². The van der Waals surface area contributed by atoms with Gasteiger partial charge in [-0.1, -0.05) is 6.07 Å². The Balaban J connectivity index is 1.41. The molecule has 2 aromatic heterocycles. The third-order valence-electron chi connectivity index (χ3n) is 6.26. The first-order valence-corrected chi connectivity index (χ1v) is 10.8. The van der Waals surface area contributed by atoms with Crippen molar-refractivity contribution in [3.05, 3.63) is 65.9 Å². The second-order valence-electron chi connectivity index (χ2n) is 8.49. The van der Waals surface area contributed by atoms with Crippen LogP contribution in [0.2, 0.25) is 0 Å². The number of carbonyl (C=O) groups excluding carboxylic acids is 1. The molecule has 2 aliphatic heterocycles. The van der Waals surface area contributed by atoms with Gasteiger partial charge in [-0.05, 0) is 37.3 Å². The summed E-state index contributed by atoms with van der Waals surface area (Å²) >= 11 is 0. The molecule has 3 atom stereocenters. The van der Waals surface area contributed by atoms with Crippen LogP contribution in [0.5, 0.6) is 5.88 Å². The summed E-state index contributed by atoms with van der Waals surface area (Å²) in [7, 11) is 0. The summed E-state index contributed by atoms with van der Waals surface area (Å²) in [5.74, 6) is -1.99. The first-order chi connectivity index (χ1) is 16.7. The lowest BCUT2D eigenvalue weighted by Crippen LogP contribution is -2.59. The SMILES string of the molecule is O=C(c1cccc(F)c1-c1ncc(F)cn1)N1C[C@@H]2CC[C@H]1[C@H](Oc1cnc(C(F)(F)F)cn1)C2. The Bertz CT molecular complexity index is 1240. The highest BCUT2D eigenvalue weighted by Gasteiger charge is 2.45. The maximum absolute atomic E-state index is 14.8. The first-order valence-electron chi connectivity index (χ1n) is 10.8. The monoisotopic (exact) mass is 491 g/mol. The van der Waals surface area contributed by atoms with Crippen molar-refractivity contribution in [3.8, 4) is 17.3 Å². The second-order valence-corrected chi connectivity index (χ2v) is 8.49. The fraction of sp³-hybridized carbons (Fsp3) is 0.348. The minimum absolute atomic E-state index is 0.0252. The van der Waals surface area contributed by atoms with E-state index in [4.69, 9.17) is 4.74 Å². The molecule has 1 aromatic carbocycles. The number of hydrogen-bond acceptors (Lipinski definition) is 6. The number of benzene rings is 1. The van der Waals surface area contributed by atoms with Gasteiger partial charge in [0, 0.05) is 6.54 Å². The Morgan fingerprint density at radius 3 is 2.43 bits per heavy atom. The Labute approximate surface area is 196 Å². The molecule has 3 aromatic rings. The molecule has 7 nitrogen and oxygen atoms in total. The minimum Gasteiger partial charge on any atom is -0.471 e. The number of carbonyl (C=O) groups is 1. The molecule has 0 radical (unpaired) electrons. The summed E-state index contributed by atoms with van der Waals surface area (Å²) < 4.78 is 72.2. The van der Waals surface area contributed by atoms with E-state index in [2.05, 4.69) is 19.9 Å². The summed E-state index contributed by atoms with van der Waals surface area (Å²) in [6, 6.07) is 3.61. The highest BCUT2D eigenvalue weighted by atomic mass is 19.4. The van der Waals surface area contributed by atoms with Crippen molar-refractivity contribution in [1.82, 2.24) is 24.8 Å². The number of rotatable bonds is 4. The Hall–Kier alpha value is -3.70. The number of hydrogen-bond donors (Lipinski definition) is 0. The zero-order chi connectivity index (χ0) is 24.7. The molecule has 0 N–H and O–H groups in total. The van der Waals surface area contributed by atoms with Crippen molar-refractivity contribution >= 4 is 5.91 Å². The normalized spacial score (nSPS) is 21.7. The van der Waals surface area contributed by atoms with Gasteiger partial charge in [0.05, 0.1) is 42.0 Å². The summed E-state index contributed by atoms with van der Waals surface area (Å²) in [5.41, 5.74) is -1.24. The van der Waals surface area contributed by atoms with E-state index in [-0.39, 0.29) is 28.7 Å². The largest absolute Gasteiger partial charge is 0.471 e. The molecule has 12 heteroatoms. The lowest BCUT2D eigenvalue weighted by Gasteiger charge is -2.49. The zero-order valence-electron chi connectivity index (χ0n) is 18.0. The average molecular weight is 491 g/mol. The number of aromatic nitrogens is 4. The van der Waals surface area contributed by atoms with Crippen molar-refractivity contribution < 1.29 is 31.5 Å². The van der Waals surface area contributed by atoms with Crippen molar-refractivity contribution in [1.29, 1.82) is 0 Å². The standard InChI is InChI=1S/C23H18F5N5O2/c24-13-7-31-21(32-8-13)20-14(2-1-3-15(20)25)22(34)33-11-12-4-5-16(33)17(6-12)35-19-10-29-18(9-30-19)23(26,27)28/h1-3,7-10,12,16-17H,4-6,11H2/t12-,16+,17-/m1/s1. The predicted molar refractivity (Wildman–Crippen MR) is 111 cm³/mol. The number of ether oxygens (including phenoxy) is 1. The van der Waals surface area contributed by atoms with Crippen molar-refractivity contribution in [2.45, 2.75) is 37.6 Å². The highest BCUT2D eigenvalue weighted by molar-refractivity contribution is 6.00. The number of amides is 1. The summed E-state index contributed by atoms with van der Waals surface area (Å²) in [4.78, 5) is 29.9. The molecule has 0 spiro atoms. The molecule has 3 aliphatic rings. The van der Waals surface area contributed by atoms with Crippen molar-refractivity contribution in [3.63, 3.8) is 0 Å². The number of alkyl halides is 3. The van der Waals surface area contributed by atoms with Gasteiger partial charge in [-0.3, -0.25) is 4.79 Å². The summed E-state index contributed by atoms with van der Waals surface area (Å²) in [6.45, 7) is 0.419. The summed E-state index contributed by atoms with van der Waals surface area (Å²) in [6.07, 6.45) is 0.202. The van der Waals surface area contributed by atoms with Crippen LogP contribution in [-0.2, 0) is 6.18 Å². The van der Waals surface area contributed by atoms with Crippen LogP contribution < -0.4 is 4.74 Å². The predicted octanol–water partition coefficient (Wildman–Crippen LogP) is 4.30. The average Bonchev–Trinajstić information content (AvgIpc) is 2.84. The fourth-order valence-corrected chi connectivity index (χ4v) is 4.70. The molecular weight excluding hydrogens is 473 g/mol.